The molecule has 0 unspecified atom stereocenters. The van der Waals surface area contributed by atoms with Crippen LogP contribution in [-0.2, 0) is 0 Å². The van der Waals surface area contributed by atoms with Gasteiger partial charge in [0.1, 0.15) is 6.07 Å². The van der Waals surface area contributed by atoms with Crippen molar-refractivity contribution in [2.45, 2.75) is 0 Å². The van der Waals surface area contributed by atoms with Gasteiger partial charge in [-0.25, -0.2) is 0 Å². The lowest BCUT2D eigenvalue weighted by atomic mass is 10.0. The molecule has 5 aromatic carbocycles. The third kappa shape index (κ3) is 3.15. The van der Waals surface area contributed by atoms with Crippen molar-refractivity contribution in [3.8, 4) is 28.7 Å². The van der Waals surface area contributed by atoms with Gasteiger partial charge in [0.2, 0.25) is 0 Å². The summed E-state index contributed by atoms with van der Waals surface area (Å²) in [6.45, 7) is 0. The summed E-state index contributed by atoms with van der Waals surface area (Å²) in [6, 6.07) is 46.3. The number of hydrogen-bond donors (Lipinski definition) is 0. The molecular weight excluding hydrogens is 488 g/mol. The molecule has 8 rings (SSSR count). The molecule has 0 N–H and O–H groups in total. The van der Waals surface area contributed by atoms with Crippen molar-refractivity contribution in [2.24, 2.45) is 0 Å². The maximum atomic E-state index is 10.4. The summed E-state index contributed by atoms with van der Waals surface area (Å²) in [5, 5.41) is 15.1. The van der Waals surface area contributed by atoms with E-state index in [9.17, 15) is 5.26 Å². The fourth-order valence-electron chi connectivity index (χ4n) is 6.13. The van der Waals surface area contributed by atoms with Crippen LogP contribution in [0, 0.1) is 11.3 Å². The van der Waals surface area contributed by atoms with Crippen LogP contribution >= 0.6 is 0 Å². The first-order chi connectivity index (χ1) is 19.8. The number of rotatable bonds is 3. The van der Waals surface area contributed by atoms with Crippen LogP contribution in [0.4, 0.5) is 0 Å². The molecule has 0 bridgehead atoms. The van der Waals surface area contributed by atoms with Gasteiger partial charge >= 0.3 is 0 Å². The van der Waals surface area contributed by atoms with E-state index in [2.05, 4.69) is 118 Å². The molecule has 0 aliphatic carbocycles. The monoisotopic (exact) mass is 510 g/mol. The highest BCUT2D eigenvalue weighted by Crippen LogP contribution is 2.37. The van der Waals surface area contributed by atoms with Gasteiger partial charge in [-0.3, -0.25) is 4.98 Å². The Kier molecular flexibility index (Phi) is 4.85. The van der Waals surface area contributed by atoms with Gasteiger partial charge in [0.05, 0.1) is 44.7 Å². The van der Waals surface area contributed by atoms with Crippen LogP contribution in [0.5, 0.6) is 0 Å². The Morgan fingerprint density at radius 2 is 0.975 bits per heavy atom. The van der Waals surface area contributed by atoms with Gasteiger partial charge in [-0.05, 0) is 48.5 Å². The molecule has 8 aromatic rings. The zero-order chi connectivity index (χ0) is 26.6. The highest BCUT2D eigenvalue weighted by Gasteiger charge is 2.18. The van der Waals surface area contributed by atoms with Crippen molar-refractivity contribution in [3.63, 3.8) is 0 Å². The van der Waals surface area contributed by atoms with Crippen LogP contribution in [0.1, 0.15) is 5.56 Å². The highest BCUT2D eigenvalue weighted by molar-refractivity contribution is 6.10. The third-order valence-corrected chi connectivity index (χ3v) is 7.82. The Hall–Kier alpha value is -5.66. The molecule has 0 fully saturated rings. The van der Waals surface area contributed by atoms with E-state index in [-0.39, 0.29) is 0 Å². The van der Waals surface area contributed by atoms with Crippen LogP contribution in [0.25, 0.3) is 66.2 Å². The standard InChI is InChI=1S/C36H22N4/c37-23-25-22-24(19-20-30(25)39-31-14-5-1-10-26(31)27-11-2-6-15-32(27)39)36-35(18-9-21-38-36)40-33-16-7-3-12-28(33)29-13-4-8-17-34(29)40/h1-22H. The Morgan fingerprint density at radius 3 is 1.48 bits per heavy atom. The van der Waals surface area contributed by atoms with Gasteiger partial charge in [-0.1, -0.05) is 78.9 Å². The molecule has 4 nitrogen and oxygen atoms in total. The average molecular weight is 511 g/mol. The molecule has 3 aromatic heterocycles. The summed E-state index contributed by atoms with van der Waals surface area (Å²) in [5.41, 5.74) is 8.58. The number of aromatic nitrogens is 3. The molecule has 186 valence electrons. The fraction of sp³-hybridized carbons (Fsp3) is 0. The van der Waals surface area contributed by atoms with Crippen molar-refractivity contribution in [1.82, 2.24) is 14.1 Å². The van der Waals surface area contributed by atoms with Crippen molar-refractivity contribution < 1.29 is 0 Å². The molecule has 0 spiro atoms. The quantitative estimate of drug-likeness (QED) is 0.238. The Morgan fingerprint density at radius 1 is 0.500 bits per heavy atom. The molecule has 0 radical (unpaired) electrons. The minimum atomic E-state index is 0.600. The van der Waals surface area contributed by atoms with E-state index in [1.165, 1.54) is 21.5 Å². The lowest BCUT2D eigenvalue weighted by Gasteiger charge is -2.15. The van der Waals surface area contributed by atoms with Gasteiger partial charge in [0, 0.05) is 33.3 Å². The number of benzene rings is 5. The predicted molar refractivity (Wildman–Crippen MR) is 163 cm³/mol. The SMILES string of the molecule is N#Cc1cc(-c2ncccc2-n2c3ccccc3c3ccccc32)ccc1-n1c2ccccc2c2ccccc21. The molecule has 0 amide bonds. The molecule has 3 heterocycles. The van der Waals surface area contributed by atoms with E-state index in [0.717, 1.165) is 44.7 Å². The zero-order valence-electron chi connectivity index (χ0n) is 21.5. The first kappa shape index (κ1) is 22.3. The van der Waals surface area contributed by atoms with E-state index in [1.54, 1.807) is 0 Å². The van der Waals surface area contributed by atoms with Crippen molar-refractivity contribution in [1.29, 1.82) is 5.26 Å². The van der Waals surface area contributed by atoms with Crippen LogP contribution in [-0.4, -0.2) is 14.1 Å². The predicted octanol–water partition coefficient (Wildman–Crippen LogP) is 8.81. The molecule has 4 heteroatoms. The first-order valence-electron chi connectivity index (χ1n) is 13.3. The largest absolute Gasteiger partial charge is 0.308 e. The number of fused-ring (bicyclic) bond motifs is 6. The molecule has 40 heavy (non-hydrogen) atoms. The van der Waals surface area contributed by atoms with E-state index in [0.29, 0.717) is 5.56 Å². The molecule has 0 atom stereocenters. The van der Waals surface area contributed by atoms with Crippen LogP contribution < -0.4 is 0 Å². The van der Waals surface area contributed by atoms with Gasteiger partial charge in [-0.15, -0.1) is 0 Å². The Labute approximate surface area is 230 Å². The van der Waals surface area contributed by atoms with E-state index >= 15 is 0 Å². The lowest BCUT2D eigenvalue weighted by molar-refractivity contribution is 1.14. The highest BCUT2D eigenvalue weighted by atomic mass is 15.0. The molecule has 0 aliphatic heterocycles. The van der Waals surface area contributed by atoms with E-state index in [1.807, 2.05) is 30.5 Å². The van der Waals surface area contributed by atoms with Crippen LogP contribution in [0.2, 0.25) is 0 Å². The van der Waals surface area contributed by atoms with Gasteiger partial charge in [0.15, 0.2) is 0 Å². The average Bonchev–Trinajstić information content (AvgIpc) is 3.54. The van der Waals surface area contributed by atoms with Gasteiger partial charge < -0.3 is 9.13 Å². The van der Waals surface area contributed by atoms with E-state index in [4.69, 9.17) is 4.98 Å². The Balaban J connectivity index is 1.37. The second-order valence-corrected chi connectivity index (χ2v) is 9.95. The summed E-state index contributed by atoms with van der Waals surface area (Å²) in [5.74, 6) is 0. The number of hydrogen-bond acceptors (Lipinski definition) is 2. The maximum absolute atomic E-state index is 10.4. The maximum Gasteiger partial charge on any atom is 0.101 e. The lowest BCUT2D eigenvalue weighted by Crippen LogP contribution is -2.01. The van der Waals surface area contributed by atoms with Crippen molar-refractivity contribution in [3.05, 3.63) is 139 Å². The summed E-state index contributed by atoms with van der Waals surface area (Å²) >= 11 is 0. The minimum Gasteiger partial charge on any atom is -0.308 e. The van der Waals surface area contributed by atoms with E-state index < -0.39 is 0 Å². The zero-order valence-corrected chi connectivity index (χ0v) is 21.5. The molecule has 0 aliphatic rings. The number of nitrogens with zero attached hydrogens (tertiary/aromatic N) is 4. The number of nitriles is 1. The molecular formula is C36H22N4. The van der Waals surface area contributed by atoms with Crippen LogP contribution in [0.3, 0.4) is 0 Å². The van der Waals surface area contributed by atoms with Crippen LogP contribution in [0.15, 0.2) is 134 Å². The number of para-hydroxylation sites is 4. The summed E-state index contributed by atoms with van der Waals surface area (Å²) in [7, 11) is 0. The van der Waals surface area contributed by atoms with Gasteiger partial charge in [-0.2, -0.15) is 5.26 Å². The minimum absolute atomic E-state index is 0.600. The third-order valence-electron chi connectivity index (χ3n) is 7.82. The summed E-state index contributed by atoms with van der Waals surface area (Å²) in [6.07, 6.45) is 1.82. The second-order valence-electron chi connectivity index (χ2n) is 9.95. The fourth-order valence-corrected chi connectivity index (χ4v) is 6.13. The smallest absolute Gasteiger partial charge is 0.101 e. The Bertz CT molecular complexity index is 2190. The second kappa shape index (κ2) is 8.69. The summed E-state index contributed by atoms with van der Waals surface area (Å²) in [4.78, 5) is 4.85. The van der Waals surface area contributed by atoms with Crippen molar-refractivity contribution >= 4 is 43.6 Å². The van der Waals surface area contributed by atoms with Gasteiger partial charge in [0.25, 0.3) is 0 Å². The number of pyridine rings is 1. The molecule has 0 saturated heterocycles. The topological polar surface area (TPSA) is 46.5 Å². The summed E-state index contributed by atoms with van der Waals surface area (Å²) < 4.78 is 4.47. The normalized spacial score (nSPS) is 11.5. The molecule has 0 saturated carbocycles. The first-order valence-corrected chi connectivity index (χ1v) is 13.3. The van der Waals surface area contributed by atoms with Crippen molar-refractivity contribution in [2.75, 3.05) is 0 Å².